The van der Waals surface area contributed by atoms with Crippen molar-refractivity contribution in [2.75, 3.05) is 19.6 Å². The second-order valence-corrected chi connectivity index (χ2v) is 9.19. The van der Waals surface area contributed by atoms with Gasteiger partial charge < -0.3 is 15.3 Å². The zero-order valence-corrected chi connectivity index (χ0v) is 16.6. The van der Waals surface area contributed by atoms with Gasteiger partial charge >= 0.3 is 5.69 Å². The van der Waals surface area contributed by atoms with Crippen molar-refractivity contribution in [1.29, 1.82) is 0 Å². The number of rotatable bonds is 3. The molecule has 2 aromatic carbocycles. The zero-order valence-electron chi connectivity index (χ0n) is 15.0. The molecule has 0 aliphatic carbocycles. The van der Waals surface area contributed by atoms with E-state index in [-0.39, 0.29) is 35.0 Å². The number of sulfonamides is 1. The molecule has 0 radical (unpaired) electrons. The van der Waals surface area contributed by atoms with Crippen LogP contribution in [0.1, 0.15) is 11.6 Å². The van der Waals surface area contributed by atoms with Crippen molar-refractivity contribution in [3.05, 3.63) is 64.6 Å². The van der Waals surface area contributed by atoms with Crippen molar-refractivity contribution >= 4 is 33.5 Å². The third-order valence-electron chi connectivity index (χ3n) is 5.76. The van der Waals surface area contributed by atoms with Crippen LogP contribution in [0.5, 0.6) is 0 Å². The topological polar surface area (TPSA) is 98.1 Å². The van der Waals surface area contributed by atoms with E-state index in [0.29, 0.717) is 23.5 Å². The summed E-state index contributed by atoms with van der Waals surface area (Å²) in [6.45, 7) is 2.16. The van der Waals surface area contributed by atoms with Crippen LogP contribution >= 0.6 is 12.4 Å². The standard InChI is InChI=1S/C19H20N4O3S.ClH/c24-19-21-16-7-6-14(8-17(16)22-19)27(25,26)23-11-13-9-20-10-15(13)18(23)12-4-2-1-3-5-12;/h1-8,13,15,18,20H,9-11H2,(H2,21,22,24);1H/t13-,15-,18+;/m0./s1. The molecule has 3 N–H and O–H groups in total. The summed E-state index contributed by atoms with van der Waals surface area (Å²) in [5.74, 6) is 0.568. The number of H-pyrrole nitrogens is 2. The van der Waals surface area contributed by atoms with Crippen LogP contribution in [-0.4, -0.2) is 42.3 Å². The number of nitrogens with zero attached hydrogens (tertiary/aromatic N) is 1. The number of aromatic amines is 2. The van der Waals surface area contributed by atoms with E-state index in [1.165, 1.54) is 6.07 Å². The van der Waals surface area contributed by atoms with Gasteiger partial charge in [-0.3, -0.25) is 0 Å². The van der Waals surface area contributed by atoms with Gasteiger partial charge in [-0.15, -0.1) is 12.4 Å². The lowest BCUT2D eigenvalue weighted by Gasteiger charge is -2.27. The Morgan fingerprint density at radius 1 is 0.964 bits per heavy atom. The molecule has 148 valence electrons. The predicted molar refractivity (Wildman–Crippen MR) is 109 cm³/mol. The van der Waals surface area contributed by atoms with Gasteiger partial charge in [-0.25, -0.2) is 13.2 Å². The number of aromatic nitrogens is 2. The van der Waals surface area contributed by atoms with Gasteiger partial charge in [0.25, 0.3) is 0 Å². The van der Waals surface area contributed by atoms with Crippen molar-refractivity contribution in [3.63, 3.8) is 0 Å². The van der Waals surface area contributed by atoms with Crippen LogP contribution < -0.4 is 11.0 Å². The molecule has 0 bridgehead atoms. The minimum atomic E-state index is -3.69. The lowest BCUT2D eigenvalue weighted by molar-refractivity contribution is 0.345. The Bertz CT molecular complexity index is 1160. The van der Waals surface area contributed by atoms with E-state index in [1.807, 2.05) is 30.3 Å². The smallest absolute Gasteiger partial charge is 0.316 e. The molecule has 0 saturated carbocycles. The van der Waals surface area contributed by atoms with Crippen LogP contribution in [0.4, 0.5) is 0 Å². The summed E-state index contributed by atoms with van der Waals surface area (Å²) in [7, 11) is -3.69. The van der Waals surface area contributed by atoms with E-state index in [2.05, 4.69) is 15.3 Å². The fourth-order valence-electron chi connectivity index (χ4n) is 4.50. The molecule has 3 aromatic rings. The number of hydrogen-bond acceptors (Lipinski definition) is 4. The van der Waals surface area contributed by atoms with E-state index >= 15 is 0 Å². The largest absolute Gasteiger partial charge is 0.323 e. The highest BCUT2D eigenvalue weighted by molar-refractivity contribution is 7.89. The van der Waals surface area contributed by atoms with E-state index in [1.54, 1.807) is 16.4 Å². The fraction of sp³-hybridized carbons (Fsp3) is 0.316. The molecule has 3 atom stereocenters. The fourth-order valence-corrected chi connectivity index (χ4v) is 6.24. The molecule has 2 saturated heterocycles. The third kappa shape index (κ3) is 2.97. The minimum Gasteiger partial charge on any atom is -0.316 e. The molecule has 2 aliphatic heterocycles. The molecule has 28 heavy (non-hydrogen) atoms. The highest BCUT2D eigenvalue weighted by Gasteiger charge is 2.49. The molecule has 0 amide bonds. The minimum absolute atomic E-state index is 0. The summed E-state index contributed by atoms with van der Waals surface area (Å²) in [5, 5.41) is 3.40. The number of benzene rings is 2. The average Bonchev–Trinajstić information content (AvgIpc) is 3.34. The monoisotopic (exact) mass is 420 g/mol. The van der Waals surface area contributed by atoms with Gasteiger partial charge in [-0.2, -0.15) is 4.31 Å². The molecule has 7 nitrogen and oxygen atoms in total. The summed E-state index contributed by atoms with van der Waals surface area (Å²) >= 11 is 0. The van der Waals surface area contributed by atoms with Gasteiger partial charge in [-0.1, -0.05) is 30.3 Å². The third-order valence-corrected chi connectivity index (χ3v) is 7.60. The van der Waals surface area contributed by atoms with Crippen LogP contribution in [0.15, 0.2) is 58.2 Å². The van der Waals surface area contributed by atoms with Gasteiger partial charge in [0.1, 0.15) is 0 Å². The maximum Gasteiger partial charge on any atom is 0.323 e. The first-order chi connectivity index (χ1) is 13.0. The quantitative estimate of drug-likeness (QED) is 0.602. The maximum absolute atomic E-state index is 13.5. The number of imidazole rings is 1. The lowest BCUT2D eigenvalue weighted by Crippen LogP contribution is -2.34. The molecule has 0 unspecified atom stereocenters. The molecule has 2 fully saturated rings. The highest BCUT2D eigenvalue weighted by atomic mass is 35.5. The summed E-state index contributed by atoms with van der Waals surface area (Å²) in [4.78, 5) is 17.0. The van der Waals surface area contributed by atoms with Crippen LogP contribution in [0.2, 0.25) is 0 Å². The molecule has 5 rings (SSSR count). The molecular weight excluding hydrogens is 400 g/mol. The maximum atomic E-state index is 13.5. The van der Waals surface area contributed by atoms with Gasteiger partial charge in [0, 0.05) is 13.1 Å². The summed E-state index contributed by atoms with van der Waals surface area (Å²) in [5.41, 5.74) is 1.77. The first-order valence-electron chi connectivity index (χ1n) is 9.03. The summed E-state index contributed by atoms with van der Waals surface area (Å²) < 4.78 is 28.6. The zero-order chi connectivity index (χ0) is 18.6. The molecular formula is C19H21ClN4O3S. The van der Waals surface area contributed by atoms with Crippen LogP contribution in [0.25, 0.3) is 11.0 Å². The van der Waals surface area contributed by atoms with Crippen LogP contribution in [0, 0.1) is 11.8 Å². The van der Waals surface area contributed by atoms with Crippen molar-refractivity contribution < 1.29 is 8.42 Å². The first kappa shape index (κ1) is 19.2. The molecule has 1 aromatic heterocycles. The van der Waals surface area contributed by atoms with Crippen molar-refractivity contribution in [2.24, 2.45) is 11.8 Å². The Balaban J connectivity index is 0.00000192. The van der Waals surface area contributed by atoms with Gasteiger partial charge in [0.15, 0.2) is 0 Å². The van der Waals surface area contributed by atoms with E-state index in [0.717, 1.165) is 18.7 Å². The van der Waals surface area contributed by atoms with E-state index in [9.17, 15) is 13.2 Å². The Morgan fingerprint density at radius 2 is 1.71 bits per heavy atom. The highest BCUT2D eigenvalue weighted by Crippen LogP contribution is 2.45. The Labute approximate surface area is 168 Å². The number of halogens is 1. The van der Waals surface area contributed by atoms with Crippen molar-refractivity contribution in [3.8, 4) is 0 Å². The molecule has 9 heteroatoms. The van der Waals surface area contributed by atoms with Gasteiger partial charge in [0.05, 0.1) is 22.0 Å². The van der Waals surface area contributed by atoms with Gasteiger partial charge in [-0.05, 0) is 42.1 Å². The Hall–Kier alpha value is -2.13. The second kappa shape index (κ2) is 7.04. The summed E-state index contributed by atoms with van der Waals surface area (Å²) in [6.07, 6.45) is 0. The number of nitrogens with one attached hydrogen (secondary N) is 3. The van der Waals surface area contributed by atoms with Crippen LogP contribution in [0.3, 0.4) is 0 Å². The van der Waals surface area contributed by atoms with Gasteiger partial charge in [0.2, 0.25) is 10.0 Å². The number of hydrogen-bond donors (Lipinski definition) is 3. The molecule has 0 spiro atoms. The summed E-state index contributed by atoms with van der Waals surface area (Å²) in [6, 6.07) is 14.4. The van der Waals surface area contributed by atoms with E-state index < -0.39 is 10.0 Å². The normalized spacial score (nSPS) is 24.9. The predicted octanol–water partition coefficient (Wildman–Crippen LogP) is 1.86. The lowest BCUT2D eigenvalue weighted by atomic mass is 9.90. The SMILES string of the molecule is Cl.O=c1[nH]c2ccc(S(=O)(=O)N3C[C@@H]4CNC[C@@H]4[C@H]3c3ccccc3)cc2[nH]1. The molecule has 3 heterocycles. The second-order valence-electron chi connectivity index (χ2n) is 7.30. The van der Waals surface area contributed by atoms with Crippen molar-refractivity contribution in [1.82, 2.24) is 19.6 Å². The van der Waals surface area contributed by atoms with Crippen LogP contribution in [-0.2, 0) is 10.0 Å². The van der Waals surface area contributed by atoms with Crippen molar-refractivity contribution in [2.45, 2.75) is 10.9 Å². The average molecular weight is 421 g/mol. The van der Waals surface area contributed by atoms with E-state index in [4.69, 9.17) is 0 Å². The Kier molecular flexibility index (Phi) is 4.83. The Morgan fingerprint density at radius 3 is 2.50 bits per heavy atom. The number of fused-ring (bicyclic) bond motifs is 2. The first-order valence-corrected chi connectivity index (χ1v) is 10.5. The molecule has 2 aliphatic rings.